The second kappa shape index (κ2) is 13.0. The zero-order valence-electron chi connectivity index (χ0n) is 23.1. The SMILES string of the molecule is CC(C)(C)c1ccc(C(=O)CC(C(=O)c2ccc(C(=O)NCC(O)C(=O)O)cc2)c2ccc(OC(F)(F)F)cc2)cc1. The van der Waals surface area contributed by atoms with Crippen molar-refractivity contribution in [3.63, 3.8) is 0 Å². The van der Waals surface area contributed by atoms with Crippen LogP contribution in [0.4, 0.5) is 13.2 Å². The summed E-state index contributed by atoms with van der Waals surface area (Å²) in [7, 11) is 0. The second-order valence-corrected chi connectivity index (χ2v) is 10.6. The van der Waals surface area contributed by atoms with Gasteiger partial charge in [-0.25, -0.2) is 4.79 Å². The summed E-state index contributed by atoms with van der Waals surface area (Å²) < 4.78 is 41.8. The van der Waals surface area contributed by atoms with Crippen LogP contribution in [-0.2, 0) is 10.2 Å². The molecular formula is C31H30F3NO7. The van der Waals surface area contributed by atoms with Crippen LogP contribution in [0, 0.1) is 0 Å². The van der Waals surface area contributed by atoms with Gasteiger partial charge < -0.3 is 20.3 Å². The number of halogens is 3. The lowest BCUT2D eigenvalue weighted by Crippen LogP contribution is -2.36. The number of Topliss-reactive ketones (excluding diaryl/α,β-unsaturated/α-hetero) is 2. The van der Waals surface area contributed by atoms with Gasteiger partial charge in [-0.15, -0.1) is 13.2 Å². The van der Waals surface area contributed by atoms with Gasteiger partial charge in [-0.05, 0) is 40.8 Å². The molecule has 2 atom stereocenters. The van der Waals surface area contributed by atoms with E-state index in [0.29, 0.717) is 11.1 Å². The van der Waals surface area contributed by atoms with Crippen LogP contribution in [0.1, 0.15) is 75.3 Å². The Labute approximate surface area is 240 Å². The fourth-order valence-electron chi connectivity index (χ4n) is 4.09. The molecule has 0 saturated carbocycles. The van der Waals surface area contributed by atoms with Gasteiger partial charge in [0.2, 0.25) is 0 Å². The first-order valence-corrected chi connectivity index (χ1v) is 12.9. The van der Waals surface area contributed by atoms with E-state index in [2.05, 4.69) is 10.1 Å². The first kappa shape index (κ1) is 32.0. The number of carboxylic acids is 1. The number of amides is 1. The zero-order chi connectivity index (χ0) is 31.2. The molecule has 42 heavy (non-hydrogen) atoms. The monoisotopic (exact) mass is 585 g/mol. The van der Waals surface area contributed by atoms with Gasteiger partial charge in [0.1, 0.15) is 5.75 Å². The minimum Gasteiger partial charge on any atom is -0.479 e. The molecule has 0 saturated heterocycles. The number of rotatable bonds is 11. The van der Waals surface area contributed by atoms with Crippen molar-refractivity contribution >= 4 is 23.4 Å². The van der Waals surface area contributed by atoms with Crippen molar-refractivity contribution in [3.05, 3.63) is 101 Å². The predicted molar refractivity (Wildman–Crippen MR) is 147 cm³/mol. The highest BCUT2D eigenvalue weighted by Crippen LogP contribution is 2.30. The number of carbonyl (C=O) groups is 4. The molecule has 3 rings (SSSR count). The standard InChI is InChI=1S/C31H30F3NO7/c1-30(2,3)22-12-8-19(9-13-22)25(36)16-24(18-10-14-23(15-11-18)42-31(32,33)34)27(38)20-4-6-21(7-5-20)28(39)35-17-26(37)29(40)41/h4-15,24,26,37H,16-17H2,1-3H3,(H,35,39)(H,40,41). The minimum atomic E-state index is -4.90. The molecule has 8 nitrogen and oxygen atoms in total. The van der Waals surface area contributed by atoms with Crippen molar-refractivity contribution in [1.29, 1.82) is 0 Å². The van der Waals surface area contributed by atoms with Crippen LogP contribution in [-0.4, -0.2) is 52.7 Å². The van der Waals surface area contributed by atoms with Gasteiger partial charge in [0.05, 0.1) is 12.5 Å². The highest BCUT2D eigenvalue weighted by Gasteiger charge is 2.32. The van der Waals surface area contributed by atoms with Crippen molar-refractivity contribution in [1.82, 2.24) is 5.32 Å². The third-order valence-corrected chi connectivity index (χ3v) is 6.47. The fourth-order valence-corrected chi connectivity index (χ4v) is 4.09. The van der Waals surface area contributed by atoms with E-state index in [4.69, 9.17) is 5.11 Å². The molecule has 3 aromatic carbocycles. The Bertz CT molecular complexity index is 1430. The lowest BCUT2D eigenvalue weighted by molar-refractivity contribution is -0.274. The van der Waals surface area contributed by atoms with Crippen LogP contribution in [0.2, 0.25) is 0 Å². The Balaban J connectivity index is 1.87. The molecule has 3 aromatic rings. The molecule has 0 heterocycles. The molecule has 0 aromatic heterocycles. The Morgan fingerprint density at radius 2 is 1.33 bits per heavy atom. The van der Waals surface area contributed by atoms with Crippen molar-refractivity contribution in [2.45, 2.75) is 51.0 Å². The second-order valence-electron chi connectivity index (χ2n) is 10.6. The number of aliphatic carboxylic acids is 1. The Kier molecular flexibility index (Phi) is 9.90. The number of aliphatic hydroxyl groups is 1. The van der Waals surface area contributed by atoms with Gasteiger partial charge in [0.15, 0.2) is 17.7 Å². The number of alkyl halides is 3. The summed E-state index contributed by atoms with van der Waals surface area (Å²) in [6.07, 6.45) is -6.96. The minimum absolute atomic E-state index is 0.0874. The normalized spacial score (nSPS) is 13.1. The smallest absolute Gasteiger partial charge is 0.479 e. The maximum Gasteiger partial charge on any atom is 0.573 e. The lowest BCUT2D eigenvalue weighted by atomic mass is 9.84. The maximum atomic E-state index is 13.6. The first-order valence-electron chi connectivity index (χ1n) is 12.9. The van der Waals surface area contributed by atoms with Gasteiger partial charge in [-0.2, -0.15) is 0 Å². The van der Waals surface area contributed by atoms with E-state index < -0.39 is 48.3 Å². The van der Waals surface area contributed by atoms with Gasteiger partial charge in [-0.1, -0.05) is 69.3 Å². The quantitative estimate of drug-likeness (QED) is 0.261. The van der Waals surface area contributed by atoms with Crippen LogP contribution in [0.15, 0.2) is 72.8 Å². The number of ether oxygens (including phenoxy) is 1. The van der Waals surface area contributed by atoms with E-state index in [9.17, 15) is 37.5 Å². The third-order valence-electron chi connectivity index (χ3n) is 6.47. The molecule has 0 aliphatic rings. The first-order chi connectivity index (χ1) is 19.5. The van der Waals surface area contributed by atoms with Gasteiger partial charge in [0, 0.05) is 23.1 Å². The molecule has 0 bridgehead atoms. The molecule has 2 unspecified atom stereocenters. The fraction of sp³-hybridized carbons (Fsp3) is 0.290. The van der Waals surface area contributed by atoms with Crippen molar-refractivity contribution < 1.29 is 47.3 Å². The number of carboxylic acid groups (broad SMARTS) is 1. The molecule has 11 heteroatoms. The largest absolute Gasteiger partial charge is 0.573 e. The third kappa shape index (κ3) is 8.74. The molecule has 0 aliphatic heterocycles. The van der Waals surface area contributed by atoms with Crippen LogP contribution in [0.3, 0.4) is 0 Å². The lowest BCUT2D eigenvalue weighted by Gasteiger charge is -2.20. The molecule has 0 spiro atoms. The molecular weight excluding hydrogens is 555 g/mol. The average Bonchev–Trinajstić information content (AvgIpc) is 2.93. The number of ketones is 2. The Hall–Kier alpha value is -4.51. The Morgan fingerprint density at radius 1 is 0.810 bits per heavy atom. The number of nitrogens with one attached hydrogen (secondary N) is 1. The Morgan fingerprint density at radius 3 is 1.83 bits per heavy atom. The number of aliphatic hydroxyl groups excluding tert-OH is 1. The number of hydrogen-bond acceptors (Lipinski definition) is 6. The van der Waals surface area contributed by atoms with Gasteiger partial charge >= 0.3 is 12.3 Å². The zero-order valence-corrected chi connectivity index (χ0v) is 23.1. The summed E-state index contributed by atoms with van der Waals surface area (Å²) in [4.78, 5) is 49.9. The number of hydrogen-bond donors (Lipinski definition) is 3. The molecule has 222 valence electrons. The van der Waals surface area contributed by atoms with Gasteiger partial charge in [-0.3, -0.25) is 14.4 Å². The maximum absolute atomic E-state index is 13.6. The van der Waals surface area contributed by atoms with E-state index in [0.717, 1.165) is 17.7 Å². The van der Waals surface area contributed by atoms with E-state index in [1.165, 1.54) is 36.4 Å². The summed E-state index contributed by atoms with van der Waals surface area (Å²) in [6.45, 7) is 5.56. The van der Waals surface area contributed by atoms with E-state index in [1.807, 2.05) is 32.9 Å². The average molecular weight is 586 g/mol. The highest BCUT2D eigenvalue weighted by atomic mass is 19.4. The summed E-state index contributed by atoms with van der Waals surface area (Å²) in [5, 5.41) is 20.3. The summed E-state index contributed by atoms with van der Waals surface area (Å²) in [6, 6.07) is 17.0. The molecule has 0 fully saturated rings. The molecule has 1 amide bonds. The van der Waals surface area contributed by atoms with Crippen molar-refractivity contribution in [3.8, 4) is 5.75 Å². The molecule has 3 N–H and O–H groups in total. The summed E-state index contributed by atoms with van der Waals surface area (Å²) in [5.74, 6) is -4.58. The number of carbonyl (C=O) groups excluding carboxylic acids is 3. The summed E-state index contributed by atoms with van der Waals surface area (Å²) in [5.41, 5.74) is 1.75. The molecule has 0 radical (unpaired) electrons. The van der Waals surface area contributed by atoms with Crippen LogP contribution >= 0.6 is 0 Å². The van der Waals surface area contributed by atoms with Crippen LogP contribution in [0.25, 0.3) is 0 Å². The predicted octanol–water partition coefficient (Wildman–Crippen LogP) is 5.30. The van der Waals surface area contributed by atoms with Crippen molar-refractivity contribution in [2.24, 2.45) is 0 Å². The van der Waals surface area contributed by atoms with E-state index >= 15 is 0 Å². The number of benzene rings is 3. The van der Waals surface area contributed by atoms with E-state index in [1.54, 1.807) is 12.1 Å². The topological polar surface area (TPSA) is 130 Å². The van der Waals surface area contributed by atoms with E-state index in [-0.39, 0.29) is 28.7 Å². The summed E-state index contributed by atoms with van der Waals surface area (Å²) >= 11 is 0. The van der Waals surface area contributed by atoms with Crippen molar-refractivity contribution in [2.75, 3.05) is 6.54 Å². The van der Waals surface area contributed by atoms with Crippen LogP contribution < -0.4 is 10.1 Å². The highest BCUT2D eigenvalue weighted by molar-refractivity contribution is 6.06. The van der Waals surface area contributed by atoms with Crippen LogP contribution in [0.5, 0.6) is 5.75 Å². The van der Waals surface area contributed by atoms with Gasteiger partial charge in [0.25, 0.3) is 5.91 Å². The molecule has 0 aliphatic carbocycles.